The topological polar surface area (TPSA) is 176 Å². The van der Waals surface area contributed by atoms with Crippen molar-refractivity contribution in [2.24, 2.45) is 0 Å². The standard InChI is InChI=1S/C33H35F3N10O5/c1-2-46-43-28(42-44-46)26-25(51-31(48)33(34,35)36)24(47)30(50-26)45-18-38-23-27(40-32(41-29(23)45)39-21-13-15-49-16-14-21)37-17-22(19-9-5-3-6-10-19)20-11-7-4-8-12-20/h3-12,18,21-22,24-26,30,47H,2,13-17H2,1H3,(H2,37,39,40,41)/t24-,25+,26+,30-/m1/s1. The van der Waals surface area contributed by atoms with E-state index in [9.17, 15) is 23.1 Å². The van der Waals surface area contributed by atoms with Gasteiger partial charge >= 0.3 is 12.1 Å². The number of carbonyl (C=O) groups excluding carboxylic acids is 1. The lowest BCUT2D eigenvalue weighted by atomic mass is 9.91. The molecule has 0 unspecified atom stereocenters. The summed E-state index contributed by atoms with van der Waals surface area (Å²) in [5.41, 5.74) is 2.67. The third-order valence-electron chi connectivity index (χ3n) is 8.82. The first kappa shape index (κ1) is 34.3. The Balaban J connectivity index is 1.25. The number of hydrogen-bond donors (Lipinski definition) is 3. The van der Waals surface area contributed by atoms with Crippen molar-refractivity contribution in [3.63, 3.8) is 0 Å². The van der Waals surface area contributed by atoms with Crippen LogP contribution in [0.3, 0.4) is 0 Å². The predicted octanol–water partition coefficient (Wildman–Crippen LogP) is 3.77. The number of carbonyl (C=O) groups is 1. The average Bonchev–Trinajstić information content (AvgIpc) is 3.87. The van der Waals surface area contributed by atoms with E-state index in [0.29, 0.717) is 37.6 Å². The zero-order chi connectivity index (χ0) is 35.5. The number of ether oxygens (including phenoxy) is 3. The number of aliphatic hydroxyl groups is 1. The minimum Gasteiger partial charge on any atom is -0.449 e. The number of hydrogen-bond acceptors (Lipinski definition) is 13. The van der Waals surface area contributed by atoms with Gasteiger partial charge in [-0.15, -0.1) is 10.2 Å². The van der Waals surface area contributed by atoms with Gasteiger partial charge in [0.1, 0.15) is 6.10 Å². The Morgan fingerprint density at radius 1 is 1.06 bits per heavy atom. The number of nitrogens with zero attached hydrogens (tertiary/aromatic N) is 8. The van der Waals surface area contributed by atoms with E-state index in [1.165, 1.54) is 15.7 Å². The highest BCUT2D eigenvalue weighted by molar-refractivity contribution is 5.84. The molecule has 5 aromatic rings. The van der Waals surface area contributed by atoms with Crippen molar-refractivity contribution in [1.29, 1.82) is 0 Å². The second-order valence-electron chi connectivity index (χ2n) is 12.1. The minimum atomic E-state index is -5.32. The van der Waals surface area contributed by atoms with Crippen molar-refractivity contribution in [2.75, 3.05) is 30.4 Å². The second-order valence-corrected chi connectivity index (χ2v) is 12.1. The molecule has 18 heteroatoms. The summed E-state index contributed by atoms with van der Waals surface area (Å²) in [5.74, 6) is -2.11. The molecule has 7 rings (SSSR count). The first-order valence-corrected chi connectivity index (χ1v) is 16.5. The van der Waals surface area contributed by atoms with Gasteiger partial charge in [-0.25, -0.2) is 9.78 Å². The molecule has 2 aromatic carbocycles. The molecule has 2 saturated heterocycles. The van der Waals surface area contributed by atoms with E-state index in [2.05, 4.69) is 31.0 Å². The summed E-state index contributed by atoms with van der Waals surface area (Å²) in [6.45, 7) is 3.59. The Hall–Kier alpha value is -5.20. The van der Waals surface area contributed by atoms with Crippen LogP contribution in [0.1, 0.15) is 55.0 Å². The highest BCUT2D eigenvalue weighted by Crippen LogP contribution is 2.41. The zero-order valence-corrected chi connectivity index (χ0v) is 27.3. The molecule has 0 radical (unpaired) electrons. The smallest absolute Gasteiger partial charge is 0.449 e. The lowest BCUT2D eigenvalue weighted by Crippen LogP contribution is -2.38. The fourth-order valence-corrected chi connectivity index (χ4v) is 6.23. The molecule has 0 bridgehead atoms. The molecule has 5 heterocycles. The van der Waals surface area contributed by atoms with Crippen LogP contribution in [0.25, 0.3) is 11.2 Å². The largest absolute Gasteiger partial charge is 0.490 e. The number of nitrogens with one attached hydrogen (secondary N) is 2. The van der Waals surface area contributed by atoms with Crippen LogP contribution in [-0.4, -0.2) is 95.0 Å². The summed E-state index contributed by atoms with van der Waals surface area (Å²) in [6.07, 6.45) is -9.11. The van der Waals surface area contributed by atoms with E-state index >= 15 is 0 Å². The molecule has 3 aromatic heterocycles. The minimum absolute atomic E-state index is 0.0120. The Morgan fingerprint density at radius 3 is 2.37 bits per heavy atom. The number of benzene rings is 2. The molecule has 3 N–H and O–H groups in total. The van der Waals surface area contributed by atoms with E-state index in [4.69, 9.17) is 24.2 Å². The maximum Gasteiger partial charge on any atom is 0.490 e. The van der Waals surface area contributed by atoms with Crippen molar-refractivity contribution < 1.29 is 37.3 Å². The third kappa shape index (κ3) is 7.33. The monoisotopic (exact) mass is 708 g/mol. The van der Waals surface area contributed by atoms with Crippen LogP contribution in [-0.2, 0) is 25.5 Å². The number of aromatic nitrogens is 8. The summed E-state index contributed by atoms with van der Waals surface area (Å²) in [5, 5.41) is 30.1. The number of fused-ring (bicyclic) bond motifs is 1. The molecule has 15 nitrogen and oxygen atoms in total. The number of halogens is 3. The average molecular weight is 709 g/mol. The Morgan fingerprint density at radius 2 is 1.75 bits per heavy atom. The van der Waals surface area contributed by atoms with E-state index < -0.39 is 36.7 Å². The van der Waals surface area contributed by atoms with Crippen LogP contribution in [0.5, 0.6) is 0 Å². The molecule has 2 fully saturated rings. The first-order valence-electron chi connectivity index (χ1n) is 16.5. The highest BCUT2D eigenvalue weighted by atomic mass is 19.4. The number of imidazole rings is 1. The molecule has 0 saturated carbocycles. The van der Waals surface area contributed by atoms with Crippen LogP contribution >= 0.6 is 0 Å². The van der Waals surface area contributed by atoms with Gasteiger partial charge in [0, 0.05) is 31.7 Å². The van der Waals surface area contributed by atoms with Gasteiger partial charge in [-0.3, -0.25) is 4.57 Å². The van der Waals surface area contributed by atoms with Crippen molar-refractivity contribution >= 4 is 28.9 Å². The van der Waals surface area contributed by atoms with Gasteiger partial charge in [0.05, 0.1) is 12.9 Å². The van der Waals surface area contributed by atoms with Gasteiger partial charge in [0.2, 0.25) is 11.8 Å². The maximum absolute atomic E-state index is 13.3. The summed E-state index contributed by atoms with van der Waals surface area (Å²) >= 11 is 0. The summed E-state index contributed by atoms with van der Waals surface area (Å²) in [7, 11) is 0. The number of anilines is 2. The van der Waals surface area contributed by atoms with Gasteiger partial charge in [0.15, 0.2) is 35.4 Å². The lowest BCUT2D eigenvalue weighted by Gasteiger charge is -2.24. The number of aliphatic hydroxyl groups excluding tert-OH is 1. The Kier molecular flexibility index (Phi) is 9.79. The van der Waals surface area contributed by atoms with E-state index in [-0.39, 0.29) is 29.4 Å². The second kappa shape index (κ2) is 14.6. The Labute approximate surface area is 289 Å². The van der Waals surface area contributed by atoms with Crippen molar-refractivity contribution in [3.8, 4) is 0 Å². The predicted molar refractivity (Wildman–Crippen MR) is 174 cm³/mol. The molecule has 4 atom stereocenters. The fraction of sp³-hybridized carbons (Fsp3) is 0.424. The van der Waals surface area contributed by atoms with Crippen molar-refractivity contribution in [2.45, 2.75) is 69.0 Å². The van der Waals surface area contributed by atoms with Gasteiger partial charge in [0.25, 0.3) is 0 Å². The molecule has 51 heavy (non-hydrogen) atoms. The number of alkyl halides is 3. The number of esters is 1. The van der Waals surface area contributed by atoms with Gasteiger partial charge in [-0.05, 0) is 36.1 Å². The van der Waals surface area contributed by atoms with Crippen LogP contribution < -0.4 is 10.6 Å². The van der Waals surface area contributed by atoms with Gasteiger partial charge in [-0.2, -0.15) is 27.9 Å². The van der Waals surface area contributed by atoms with E-state index in [0.717, 1.165) is 24.0 Å². The van der Waals surface area contributed by atoms with Crippen molar-refractivity contribution in [1.82, 2.24) is 39.7 Å². The first-order chi connectivity index (χ1) is 24.7. The number of rotatable bonds is 11. The molecular formula is C33H35F3N10O5. The van der Waals surface area contributed by atoms with Crippen LogP contribution in [0.2, 0.25) is 0 Å². The normalized spacial score (nSPS) is 21.3. The number of aryl methyl sites for hydroxylation is 1. The van der Waals surface area contributed by atoms with E-state index in [1.54, 1.807) is 6.92 Å². The molecule has 0 spiro atoms. The molecular weight excluding hydrogens is 673 g/mol. The fourth-order valence-electron chi connectivity index (χ4n) is 6.23. The molecule has 2 aliphatic heterocycles. The van der Waals surface area contributed by atoms with Gasteiger partial charge in [-0.1, -0.05) is 60.7 Å². The van der Waals surface area contributed by atoms with Crippen LogP contribution in [0.15, 0.2) is 67.0 Å². The quantitative estimate of drug-likeness (QED) is 0.169. The maximum atomic E-state index is 13.3. The summed E-state index contributed by atoms with van der Waals surface area (Å²) in [4.78, 5) is 27.2. The summed E-state index contributed by atoms with van der Waals surface area (Å²) in [6, 6.07) is 20.0. The lowest BCUT2D eigenvalue weighted by molar-refractivity contribution is -0.210. The number of tetrazole rings is 1. The summed E-state index contributed by atoms with van der Waals surface area (Å²) < 4.78 is 57.7. The Bertz CT molecular complexity index is 1900. The molecule has 2 aliphatic rings. The zero-order valence-electron chi connectivity index (χ0n) is 27.3. The molecule has 0 aliphatic carbocycles. The van der Waals surface area contributed by atoms with E-state index in [1.807, 2.05) is 60.7 Å². The third-order valence-corrected chi connectivity index (χ3v) is 8.82. The van der Waals surface area contributed by atoms with Crippen molar-refractivity contribution in [3.05, 3.63) is 83.9 Å². The van der Waals surface area contributed by atoms with Crippen LogP contribution in [0.4, 0.5) is 24.9 Å². The molecule has 0 amide bonds. The highest BCUT2D eigenvalue weighted by Gasteiger charge is 2.53. The van der Waals surface area contributed by atoms with Crippen LogP contribution in [0, 0.1) is 0 Å². The van der Waals surface area contributed by atoms with Gasteiger partial charge < -0.3 is 30.0 Å². The SMILES string of the molecule is CCn1nnc([C@H]2O[C@@H](n3cnc4c(NCC(c5ccccc5)c5ccccc5)nc(NC5CCOCC5)nc43)[C@H](O)[C@@H]2OC(=O)C(F)(F)F)n1. The molecule has 268 valence electrons.